The van der Waals surface area contributed by atoms with E-state index in [9.17, 15) is 14.0 Å². The van der Waals surface area contributed by atoms with Crippen LogP contribution in [0, 0.1) is 5.82 Å². The number of benzene rings is 2. The molecule has 1 aliphatic rings. The zero-order valence-corrected chi connectivity index (χ0v) is 14.5. The fourth-order valence-electron chi connectivity index (χ4n) is 2.69. The molecule has 2 aromatic rings. The number of rotatable bonds is 4. The number of amides is 2. The van der Waals surface area contributed by atoms with Crippen molar-refractivity contribution < 1.29 is 14.0 Å². The zero-order valence-electron chi connectivity index (χ0n) is 12.9. The maximum Gasteiger partial charge on any atom is 0.228 e. The number of carbonyl (C=O) groups excluding carboxylic acids is 2. The Bertz CT molecular complexity index is 777. The number of nitrogens with one attached hydrogen (secondary N) is 1. The number of anilines is 2. The van der Waals surface area contributed by atoms with Gasteiger partial charge >= 0.3 is 0 Å². The SMILES string of the molecule is O=C(Cc1ccc(N2CCCC2=O)cc1)Nc1ccc(Br)cc1F. The highest BCUT2D eigenvalue weighted by Gasteiger charge is 2.21. The fraction of sp³-hybridized carbons (Fsp3) is 0.222. The molecule has 0 spiro atoms. The Hall–Kier alpha value is -2.21. The van der Waals surface area contributed by atoms with Crippen LogP contribution in [0.2, 0.25) is 0 Å². The summed E-state index contributed by atoms with van der Waals surface area (Å²) in [5, 5.41) is 2.56. The van der Waals surface area contributed by atoms with Gasteiger partial charge in [0.1, 0.15) is 5.82 Å². The van der Waals surface area contributed by atoms with Crippen molar-refractivity contribution in [2.24, 2.45) is 0 Å². The Balaban J connectivity index is 1.63. The third-order valence-corrected chi connectivity index (χ3v) is 4.38. The molecule has 0 aliphatic carbocycles. The van der Waals surface area contributed by atoms with E-state index in [-0.39, 0.29) is 23.9 Å². The quantitative estimate of drug-likeness (QED) is 0.860. The van der Waals surface area contributed by atoms with E-state index in [0.29, 0.717) is 10.9 Å². The first-order chi connectivity index (χ1) is 11.5. The summed E-state index contributed by atoms with van der Waals surface area (Å²) in [6, 6.07) is 11.8. The van der Waals surface area contributed by atoms with Gasteiger partial charge in [0, 0.05) is 23.1 Å². The van der Waals surface area contributed by atoms with Gasteiger partial charge in [-0.3, -0.25) is 9.59 Å². The maximum atomic E-state index is 13.7. The highest BCUT2D eigenvalue weighted by Crippen LogP contribution is 2.22. The summed E-state index contributed by atoms with van der Waals surface area (Å²) >= 11 is 3.17. The molecule has 4 nitrogen and oxygen atoms in total. The molecule has 1 heterocycles. The van der Waals surface area contributed by atoms with Crippen LogP contribution in [0.25, 0.3) is 0 Å². The van der Waals surface area contributed by atoms with Gasteiger partial charge < -0.3 is 10.2 Å². The van der Waals surface area contributed by atoms with E-state index in [1.165, 1.54) is 12.1 Å². The van der Waals surface area contributed by atoms with Crippen molar-refractivity contribution in [3.8, 4) is 0 Å². The lowest BCUT2D eigenvalue weighted by atomic mass is 10.1. The summed E-state index contributed by atoms with van der Waals surface area (Å²) < 4.78 is 14.3. The van der Waals surface area contributed by atoms with Gasteiger partial charge in [-0.1, -0.05) is 28.1 Å². The van der Waals surface area contributed by atoms with Gasteiger partial charge in [0.05, 0.1) is 12.1 Å². The van der Waals surface area contributed by atoms with Crippen LogP contribution in [0.15, 0.2) is 46.9 Å². The zero-order chi connectivity index (χ0) is 17.1. The first kappa shape index (κ1) is 16.6. The van der Waals surface area contributed by atoms with E-state index < -0.39 is 5.82 Å². The summed E-state index contributed by atoms with van der Waals surface area (Å²) in [7, 11) is 0. The highest BCUT2D eigenvalue weighted by atomic mass is 79.9. The fourth-order valence-corrected chi connectivity index (χ4v) is 3.02. The van der Waals surface area contributed by atoms with E-state index >= 15 is 0 Å². The smallest absolute Gasteiger partial charge is 0.228 e. The van der Waals surface area contributed by atoms with Crippen molar-refractivity contribution in [2.45, 2.75) is 19.3 Å². The third kappa shape index (κ3) is 3.82. The molecule has 1 saturated heterocycles. The molecule has 0 atom stereocenters. The average molecular weight is 391 g/mol. The van der Waals surface area contributed by atoms with Crippen molar-refractivity contribution >= 4 is 39.1 Å². The Morgan fingerprint density at radius 1 is 1.21 bits per heavy atom. The van der Waals surface area contributed by atoms with Gasteiger partial charge in [0.25, 0.3) is 0 Å². The monoisotopic (exact) mass is 390 g/mol. The van der Waals surface area contributed by atoms with Crippen molar-refractivity contribution in [2.75, 3.05) is 16.8 Å². The summed E-state index contributed by atoms with van der Waals surface area (Å²) in [4.78, 5) is 25.5. The second-order valence-electron chi connectivity index (χ2n) is 5.66. The first-order valence-corrected chi connectivity index (χ1v) is 8.46. The molecule has 24 heavy (non-hydrogen) atoms. The molecule has 1 fully saturated rings. The van der Waals surface area contributed by atoms with Crippen LogP contribution < -0.4 is 10.2 Å². The van der Waals surface area contributed by atoms with E-state index in [2.05, 4.69) is 21.2 Å². The van der Waals surface area contributed by atoms with Crippen molar-refractivity contribution in [1.29, 1.82) is 0 Å². The van der Waals surface area contributed by atoms with E-state index in [4.69, 9.17) is 0 Å². The molecular formula is C18H16BrFN2O2. The summed E-state index contributed by atoms with van der Waals surface area (Å²) in [5.41, 5.74) is 1.81. The van der Waals surface area contributed by atoms with Gasteiger partial charge in [-0.15, -0.1) is 0 Å². The minimum atomic E-state index is -0.486. The molecule has 0 radical (unpaired) electrons. The molecule has 2 aromatic carbocycles. The minimum Gasteiger partial charge on any atom is -0.323 e. The van der Waals surface area contributed by atoms with Crippen LogP contribution in [0.3, 0.4) is 0 Å². The second-order valence-corrected chi connectivity index (χ2v) is 6.58. The lowest BCUT2D eigenvalue weighted by molar-refractivity contribution is -0.117. The van der Waals surface area contributed by atoms with Crippen LogP contribution in [-0.2, 0) is 16.0 Å². The molecular weight excluding hydrogens is 375 g/mol. The molecule has 2 amide bonds. The largest absolute Gasteiger partial charge is 0.323 e. The predicted octanol–water partition coefficient (Wildman–Crippen LogP) is 3.90. The molecule has 1 N–H and O–H groups in total. The van der Waals surface area contributed by atoms with Gasteiger partial charge in [0.2, 0.25) is 11.8 Å². The van der Waals surface area contributed by atoms with Crippen LogP contribution >= 0.6 is 15.9 Å². The van der Waals surface area contributed by atoms with Gasteiger partial charge in [-0.25, -0.2) is 4.39 Å². The topological polar surface area (TPSA) is 49.4 Å². The molecule has 0 unspecified atom stereocenters. The van der Waals surface area contributed by atoms with Crippen LogP contribution in [0.1, 0.15) is 18.4 Å². The first-order valence-electron chi connectivity index (χ1n) is 7.67. The van der Waals surface area contributed by atoms with Crippen molar-refractivity contribution in [1.82, 2.24) is 0 Å². The van der Waals surface area contributed by atoms with Crippen LogP contribution in [0.5, 0.6) is 0 Å². The Morgan fingerprint density at radius 2 is 1.96 bits per heavy atom. The number of hydrogen-bond acceptors (Lipinski definition) is 2. The molecule has 0 bridgehead atoms. The number of carbonyl (C=O) groups is 2. The summed E-state index contributed by atoms with van der Waals surface area (Å²) in [6.07, 6.45) is 1.61. The molecule has 6 heteroatoms. The van der Waals surface area contributed by atoms with Crippen LogP contribution in [0.4, 0.5) is 15.8 Å². The van der Waals surface area contributed by atoms with Gasteiger partial charge in [-0.2, -0.15) is 0 Å². The predicted molar refractivity (Wildman–Crippen MR) is 94.5 cm³/mol. The lowest BCUT2D eigenvalue weighted by Gasteiger charge is -2.15. The maximum absolute atomic E-state index is 13.7. The van der Waals surface area contributed by atoms with Crippen molar-refractivity contribution in [3.63, 3.8) is 0 Å². The molecule has 124 valence electrons. The second kappa shape index (κ2) is 7.13. The summed E-state index contributed by atoms with van der Waals surface area (Å²) in [6.45, 7) is 0.738. The molecule has 1 aliphatic heterocycles. The third-order valence-electron chi connectivity index (χ3n) is 3.89. The van der Waals surface area contributed by atoms with Crippen LogP contribution in [-0.4, -0.2) is 18.4 Å². The number of hydrogen-bond donors (Lipinski definition) is 1. The highest BCUT2D eigenvalue weighted by molar-refractivity contribution is 9.10. The molecule has 0 saturated carbocycles. The average Bonchev–Trinajstić information content (AvgIpc) is 2.97. The van der Waals surface area contributed by atoms with E-state index in [0.717, 1.165) is 24.2 Å². The van der Waals surface area contributed by atoms with Crippen molar-refractivity contribution in [3.05, 3.63) is 58.3 Å². The van der Waals surface area contributed by atoms with E-state index in [1.807, 2.05) is 24.3 Å². The van der Waals surface area contributed by atoms with Gasteiger partial charge in [0.15, 0.2) is 0 Å². The lowest BCUT2D eigenvalue weighted by Crippen LogP contribution is -2.23. The molecule has 0 aromatic heterocycles. The van der Waals surface area contributed by atoms with E-state index in [1.54, 1.807) is 11.0 Å². The Labute approximate surface area is 147 Å². The Morgan fingerprint density at radius 3 is 2.58 bits per heavy atom. The standard InChI is InChI=1S/C18H16BrFN2O2/c19-13-5-8-16(15(20)11-13)21-17(23)10-12-3-6-14(7-4-12)22-9-1-2-18(22)24/h3-8,11H,1-2,9-10H2,(H,21,23). The number of nitrogens with zero attached hydrogens (tertiary/aromatic N) is 1. The summed E-state index contributed by atoms with van der Waals surface area (Å²) in [5.74, 6) is -0.645. The Kier molecular flexibility index (Phi) is 4.94. The normalized spacial score (nSPS) is 14.1. The molecule has 3 rings (SSSR count). The number of halogens is 2. The van der Waals surface area contributed by atoms with Gasteiger partial charge in [-0.05, 0) is 42.3 Å². The minimum absolute atomic E-state index is 0.131.